The molecule has 0 amide bonds. The van der Waals surface area contributed by atoms with Crippen molar-refractivity contribution in [3.8, 4) is 17.0 Å². The highest BCUT2D eigenvalue weighted by Gasteiger charge is 2.34. The van der Waals surface area contributed by atoms with Gasteiger partial charge in [-0.05, 0) is 42.0 Å². The fourth-order valence-corrected chi connectivity index (χ4v) is 3.69. The van der Waals surface area contributed by atoms with Gasteiger partial charge >= 0.3 is 0 Å². The Bertz CT molecular complexity index is 1260. The third-order valence-corrected chi connectivity index (χ3v) is 5.10. The van der Waals surface area contributed by atoms with Gasteiger partial charge in [0.1, 0.15) is 17.5 Å². The second kappa shape index (κ2) is 7.11. The topological polar surface area (TPSA) is 111 Å². The van der Waals surface area contributed by atoms with E-state index in [0.29, 0.717) is 29.5 Å². The fourth-order valence-electron chi connectivity index (χ4n) is 3.69. The highest BCUT2D eigenvalue weighted by molar-refractivity contribution is 5.75. The van der Waals surface area contributed by atoms with Crippen LogP contribution in [0.15, 0.2) is 53.3 Å². The molecule has 30 heavy (non-hydrogen) atoms. The van der Waals surface area contributed by atoms with Gasteiger partial charge in [0.05, 0.1) is 12.3 Å². The number of rotatable bonds is 4. The number of H-pyrrole nitrogens is 1. The monoisotopic (exact) mass is 401 g/mol. The number of aromatic amines is 1. The van der Waals surface area contributed by atoms with E-state index in [0.717, 1.165) is 22.4 Å². The van der Waals surface area contributed by atoms with E-state index >= 15 is 0 Å². The molecular weight excluding hydrogens is 382 g/mol. The predicted molar refractivity (Wildman–Crippen MR) is 111 cm³/mol. The number of aryl methyl sites for hydroxylation is 1. The normalized spacial score (nSPS) is 14.5. The zero-order chi connectivity index (χ0) is 20.7. The first-order chi connectivity index (χ1) is 14.7. The highest BCUT2D eigenvalue weighted by Crippen LogP contribution is 2.41. The van der Waals surface area contributed by atoms with Crippen LogP contribution in [-0.2, 0) is 0 Å². The summed E-state index contributed by atoms with van der Waals surface area (Å²) in [4.78, 5) is 12.7. The molecular formula is C21H19N7O2. The molecule has 1 aliphatic heterocycles. The number of hydrogen-bond donors (Lipinski definition) is 2. The number of aromatic nitrogens is 6. The Kier molecular flexibility index (Phi) is 4.27. The number of tetrazole rings is 1. The molecule has 150 valence electrons. The number of ether oxygens (including phenoxy) is 1. The Labute approximate surface area is 171 Å². The van der Waals surface area contributed by atoms with Crippen LogP contribution in [-0.4, -0.2) is 37.0 Å². The third kappa shape index (κ3) is 2.91. The van der Waals surface area contributed by atoms with Gasteiger partial charge < -0.3 is 10.1 Å². The average Bonchev–Trinajstić information content (AvgIpc) is 3.23. The van der Waals surface area contributed by atoms with Gasteiger partial charge in [0.25, 0.3) is 5.56 Å². The molecule has 0 unspecified atom stereocenters. The van der Waals surface area contributed by atoms with Crippen LogP contribution in [0.3, 0.4) is 0 Å². The lowest BCUT2D eigenvalue weighted by Gasteiger charge is -2.28. The molecule has 3 heterocycles. The van der Waals surface area contributed by atoms with Crippen LogP contribution >= 0.6 is 0 Å². The van der Waals surface area contributed by atoms with Crippen molar-refractivity contribution in [1.29, 1.82) is 0 Å². The molecule has 2 aromatic heterocycles. The van der Waals surface area contributed by atoms with Gasteiger partial charge in [-0.1, -0.05) is 47.1 Å². The van der Waals surface area contributed by atoms with E-state index in [9.17, 15) is 4.79 Å². The van der Waals surface area contributed by atoms with Crippen LogP contribution in [0.4, 0.5) is 11.6 Å². The van der Waals surface area contributed by atoms with E-state index < -0.39 is 6.04 Å². The smallest absolute Gasteiger partial charge is 0.288 e. The first kappa shape index (κ1) is 18.0. The summed E-state index contributed by atoms with van der Waals surface area (Å²) in [5.74, 6) is 1.17. The van der Waals surface area contributed by atoms with Crippen LogP contribution in [0.25, 0.3) is 11.3 Å². The number of hydrogen-bond acceptors (Lipinski definition) is 7. The van der Waals surface area contributed by atoms with Crippen molar-refractivity contribution >= 4 is 11.6 Å². The molecule has 0 radical (unpaired) electrons. The minimum absolute atomic E-state index is 0.328. The number of benzene rings is 2. The van der Waals surface area contributed by atoms with E-state index in [-0.39, 0.29) is 5.56 Å². The zero-order valence-corrected chi connectivity index (χ0v) is 16.5. The molecule has 0 spiro atoms. The maximum absolute atomic E-state index is 12.7. The Morgan fingerprint density at radius 2 is 1.87 bits per heavy atom. The summed E-state index contributed by atoms with van der Waals surface area (Å²) < 4.78 is 7.23. The molecule has 2 aromatic carbocycles. The van der Waals surface area contributed by atoms with Crippen LogP contribution in [0.5, 0.6) is 5.75 Å². The maximum Gasteiger partial charge on any atom is 0.288 e. The van der Waals surface area contributed by atoms with Crippen molar-refractivity contribution in [1.82, 2.24) is 30.4 Å². The summed E-state index contributed by atoms with van der Waals surface area (Å²) >= 11 is 0. The summed E-state index contributed by atoms with van der Waals surface area (Å²) in [5.41, 5.74) is 4.38. The SMILES string of the molecule is CCOc1ccc([C@H]2c3c(-c4ccc(C)cc4)n[nH]c(=O)c3Nc3nnnn32)cc1. The third-order valence-electron chi connectivity index (χ3n) is 5.10. The molecule has 0 aliphatic carbocycles. The maximum atomic E-state index is 12.7. The van der Waals surface area contributed by atoms with E-state index in [2.05, 4.69) is 31.0 Å². The molecule has 1 atom stereocenters. The van der Waals surface area contributed by atoms with Crippen molar-refractivity contribution < 1.29 is 4.74 Å². The zero-order valence-electron chi connectivity index (χ0n) is 16.5. The van der Waals surface area contributed by atoms with Crippen LogP contribution < -0.4 is 15.6 Å². The predicted octanol–water partition coefficient (Wildman–Crippen LogP) is 2.83. The minimum atomic E-state index is -0.423. The molecule has 0 bridgehead atoms. The van der Waals surface area contributed by atoms with E-state index in [1.165, 1.54) is 0 Å². The second-order valence-corrected chi connectivity index (χ2v) is 7.03. The van der Waals surface area contributed by atoms with Gasteiger partial charge in [0, 0.05) is 11.1 Å². The Morgan fingerprint density at radius 1 is 1.10 bits per heavy atom. The van der Waals surface area contributed by atoms with Gasteiger partial charge in [0.15, 0.2) is 0 Å². The molecule has 0 fully saturated rings. The van der Waals surface area contributed by atoms with Gasteiger partial charge in [0.2, 0.25) is 5.95 Å². The minimum Gasteiger partial charge on any atom is -0.494 e. The fraction of sp³-hybridized carbons (Fsp3) is 0.190. The molecule has 0 saturated heterocycles. The molecule has 1 aliphatic rings. The lowest BCUT2D eigenvalue weighted by molar-refractivity contribution is 0.340. The number of anilines is 2. The van der Waals surface area contributed by atoms with Crippen molar-refractivity contribution in [2.75, 3.05) is 11.9 Å². The van der Waals surface area contributed by atoms with Gasteiger partial charge in [-0.3, -0.25) is 4.79 Å². The Hall–Kier alpha value is -4.01. The quantitative estimate of drug-likeness (QED) is 0.476. The largest absolute Gasteiger partial charge is 0.494 e. The van der Waals surface area contributed by atoms with Gasteiger partial charge in [-0.15, -0.1) is 0 Å². The van der Waals surface area contributed by atoms with Crippen LogP contribution in [0, 0.1) is 6.92 Å². The molecule has 9 nitrogen and oxygen atoms in total. The number of fused-ring (bicyclic) bond motifs is 2. The first-order valence-electron chi connectivity index (χ1n) is 9.63. The number of nitrogens with one attached hydrogen (secondary N) is 2. The van der Waals surface area contributed by atoms with E-state index in [4.69, 9.17) is 4.74 Å². The molecule has 2 N–H and O–H groups in total. The summed E-state index contributed by atoms with van der Waals surface area (Å²) in [5, 5.41) is 22.0. The lowest BCUT2D eigenvalue weighted by atomic mass is 9.92. The Balaban J connectivity index is 1.74. The Morgan fingerprint density at radius 3 is 2.60 bits per heavy atom. The van der Waals surface area contributed by atoms with Crippen molar-refractivity contribution in [3.05, 3.63) is 75.6 Å². The van der Waals surface area contributed by atoms with Crippen molar-refractivity contribution in [3.63, 3.8) is 0 Å². The number of nitrogens with zero attached hydrogens (tertiary/aromatic N) is 5. The first-order valence-corrected chi connectivity index (χ1v) is 9.63. The van der Waals surface area contributed by atoms with E-state index in [1.807, 2.05) is 62.4 Å². The van der Waals surface area contributed by atoms with Gasteiger partial charge in [-0.2, -0.15) is 9.78 Å². The molecule has 4 aromatic rings. The van der Waals surface area contributed by atoms with Crippen LogP contribution in [0.1, 0.15) is 29.7 Å². The van der Waals surface area contributed by atoms with Crippen molar-refractivity contribution in [2.24, 2.45) is 0 Å². The molecule has 5 rings (SSSR count). The van der Waals surface area contributed by atoms with E-state index in [1.54, 1.807) is 4.68 Å². The van der Waals surface area contributed by atoms with Gasteiger partial charge in [-0.25, -0.2) is 5.10 Å². The summed E-state index contributed by atoms with van der Waals surface area (Å²) in [6, 6.07) is 15.3. The average molecular weight is 401 g/mol. The van der Waals surface area contributed by atoms with Crippen molar-refractivity contribution in [2.45, 2.75) is 19.9 Å². The molecule has 0 saturated carbocycles. The highest BCUT2D eigenvalue weighted by atomic mass is 16.5. The van der Waals surface area contributed by atoms with Crippen LogP contribution in [0.2, 0.25) is 0 Å². The summed E-state index contributed by atoms with van der Waals surface area (Å²) in [6.07, 6.45) is 0. The standard InChI is InChI=1S/C21H19N7O2/c1-3-30-15-10-8-14(9-11-15)19-16-17(13-6-4-12(2)5-7-13)23-24-20(29)18(16)22-21-25-26-27-28(19)21/h4-11,19H,3H2,1-2H3,(H,24,29)(H,22,25,27)/t19-/m0/s1. The summed E-state index contributed by atoms with van der Waals surface area (Å²) in [6.45, 7) is 4.55. The second-order valence-electron chi connectivity index (χ2n) is 7.03. The lowest BCUT2D eigenvalue weighted by Crippen LogP contribution is -2.29. The summed E-state index contributed by atoms with van der Waals surface area (Å²) in [7, 11) is 0. The molecule has 9 heteroatoms.